The zero-order chi connectivity index (χ0) is 15.4. The predicted molar refractivity (Wildman–Crippen MR) is 85.3 cm³/mol. The lowest BCUT2D eigenvalue weighted by Gasteiger charge is -2.38. The van der Waals surface area contributed by atoms with Gasteiger partial charge in [-0.25, -0.2) is 0 Å². The maximum absolute atomic E-state index is 12.6. The topological polar surface area (TPSA) is 32.8 Å². The van der Waals surface area contributed by atoms with Gasteiger partial charge in [-0.05, 0) is 66.5 Å². The van der Waals surface area contributed by atoms with Gasteiger partial charge in [-0.2, -0.15) is 0 Å². The number of piperidine rings is 2. The number of hydrogen-bond acceptors (Lipinski definition) is 3. The lowest BCUT2D eigenvalue weighted by Crippen LogP contribution is -2.47. The van der Waals surface area contributed by atoms with E-state index in [9.17, 15) is 4.79 Å². The second-order valence-electron chi connectivity index (χ2n) is 7.11. The van der Waals surface area contributed by atoms with Crippen LogP contribution in [0.5, 0.6) is 0 Å². The molecule has 1 amide bonds. The predicted octanol–water partition coefficient (Wildman–Crippen LogP) is 2.52. The molecule has 21 heavy (non-hydrogen) atoms. The molecule has 2 aliphatic rings. The molecular weight excluding hydrogens is 264 g/mol. The molecule has 2 fully saturated rings. The molecular formula is C17H32N2O2. The lowest BCUT2D eigenvalue weighted by molar-refractivity contribution is -0.140. The Morgan fingerprint density at radius 1 is 0.952 bits per heavy atom. The smallest absolute Gasteiger partial charge is 0.225 e. The van der Waals surface area contributed by atoms with E-state index in [1.807, 2.05) is 0 Å². The first-order valence-corrected chi connectivity index (χ1v) is 8.65. The van der Waals surface area contributed by atoms with Gasteiger partial charge in [-0.15, -0.1) is 0 Å². The molecule has 2 rings (SSSR count). The highest BCUT2D eigenvalue weighted by Gasteiger charge is 2.31. The Balaban J connectivity index is 1.75. The number of carbonyl (C=O) groups excluding carboxylic acids is 1. The van der Waals surface area contributed by atoms with Crippen LogP contribution < -0.4 is 0 Å². The summed E-state index contributed by atoms with van der Waals surface area (Å²) in [4.78, 5) is 17.2. The van der Waals surface area contributed by atoms with Gasteiger partial charge in [0.1, 0.15) is 0 Å². The second kappa shape index (κ2) is 7.59. The normalized spacial score (nSPS) is 23.2. The van der Waals surface area contributed by atoms with Crippen LogP contribution in [0.1, 0.15) is 53.4 Å². The molecule has 0 aliphatic carbocycles. The second-order valence-corrected chi connectivity index (χ2v) is 7.11. The third-order valence-corrected chi connectivity index (χ3v) is 4.83. The number of ether oxygens (including phenoxy) is 1. The van der Waals surface area contributed by atoms with Crippen molar-refractivity contribution < 1.29 is 9.53 Å². The van der Waals surface area contributed by atoms with E-state index in [1.165, 1.54) is 0 Å². The quantitative estimate of drug-likeness (QED) is 0.799. The summed E-state index contributed by atoms with van der Waals surface area (Å²) in [6.45, 7) is 12.5. The Hall–Kier alpha value is -0.610. The van der Waals surface area contributed by atoms with Gasteiger partial charge in [0.25, 0.3) is 0 Å². The Labute approximate surface area is 129 Å². The van der Waals surface area contributed by atoms with Crippen LogP contribution in [0.4, 0.5) is 0 Å². The fourth-order valence-electron chi connectivity index (χ4n) is 3.52. The Morgan fingerprint density at radius 2 is 1.52 bits per heavy atom. The molecule has 0 bridgehead atoms. The Bertz CT molecular complexity index is 328. The third-order valence-electron chi connectivity index (χ3n) is 4.83. The molecule has 2 heterocycles. The molecule has 0 radical (unpaired) electrons. The number of hydrogen-bond donors (Lipinski definition) is 0. The first kappa shape index (κ1) is 16.8. The molecule has 4 nitrogen and oxygen atoms in total. The van der Waals surface area contributed by atoms with Crippen LogP contribution in [0.25, 0.3) is 0 Å². The standard InChI is InChI=1S/C17H32N2O2/c1-13(2)18-9-5-15(6-10-18)17(20)19-11-7-16(8-12-19)21-14(3)4/h13-16H,5-12H2,1-4H3. The minimum Gasteiger partial charge on any atom is -0.375 e. The van der Waals surface area contributed by atoms with E-state index in [0.717, 1.165) is 51.9 Å². The fraction of sp³-hybridized carbons (Fsp3) is 0.941. The van der Waals surface area contributed by atoms with Crippen LogP contribution in [-0.4, -0.2) is 60.1 Å². The fourth-order valence-corrected chi connectivity index (χ4v) is 3.52. The third kappa shape index (κ3) is 4.68. The van der Waals surface area contributed by atoms with E-state index in [2.05, 4.69) is 37.5 Å². The summed E-state index contributed by atoms with van der Waals surface area (Å²) in [5.41, 5.74) is 0. The molecule has 0 saturated carbocycles. The number of likely N-dealkylation sites (tertiary alicyclic amines) is 2. The van der Waals surface area contributed by atoms with Gasteiger partial charge < -0.3 is 14.5 Å². The van der Waals surface area contributed by atoms with Crippen LogP contribution in [-0.2, 0) is 9.53 Å². The lowest BCUT2D eigenvalue weighted by atomic mass is 9.93. The summed E-state index contributed by atoms with van der Waals surface area (Å²) in [6, 6.07) is 0.602. The Kier molecular flexibility index (Phi) is 6.06. The highest BCUT2D eigenvalue weighted by molar-refractivity contribution is 5.79. The van der Waals surface area contributed by atoms with Crippen molar-refractivity contribution in [2.45, 2.75) is 71.6 Å². The summed E-state index contributed by atoms with van der Waals surface area (Å²) in [6.07, 6.45) is 4.68. The van der Waals surface area contributed by atoms with Crippen molar-refractivity contribution in [3.8, 4) is 0 Å². The van der Waals surface area contributed by atoms with Crippen molar-refractivity contribution in [3.63, 3.8) is 0 Å². The minimum absolute atomic E-state index is 0.252. The monoisotopic (exact) mass is 296 g/mol. The summed E-state index contributed by atoms with van der Waals surface area (Å²) >= 11 is 0. The summed E-state index contributed by atoms with van der Waals surface area (Å²) in [7, 11) is 0. The zero-order valence-electron chi connectivity index (χ0n) is 14.2. The molecule has 2 aliphatic heterocycles. The van der Waals surface area contributed by atoms with E-state index < -0.39 is 0 Å². The van der Waals surface area contributed by atoms with Gasteiger partial charge in [0.05, 0.1) is 12.2 Å². The number of carbonyl (C=O) groups is 1. The first-order valence-electron chi connectivity index (χ1n) is 8.65. The number of amides is 1. The van der Waals surface area contributed by atoms with E-state index >= 15 is 0 Å². The molecule has 122 valence electrons. The molecule has 0 unspecified atom stereocenters. The van der Waals surface area contributed by atoms with Crippen LogP contribution in [0.3, 0.4) is 0 Å². The summed E-state index contributed by atoms with van der Waals surface area (Å²) in [5, 5.41) is 0. The van der Waals surface area contributed by atoms with Crippen molar-refractivity contribution in [3.05, 3.63) is 0 Å². The average molecular weight is 296 g/mol. The van der Waals surface area contributed by atoms with Gasteiger partial charge in [0.2, 0.25) is 5.91 Å². The highest BCUT2D eigenvalue weighted by atomic mass is 16.5. The van der Waals surface area contributed by atoms with E-state index in [1.54, 1.807) is 0 Å². The SMILES string of the molecule is CC(C)OC1CCN(C(=O)C2CCN(C(C)C)CC2)CC1. The van der Waals surface area contributed by atoms with Gasteiger partial charge >= 0.3 is 0 Å². The highest BCUT2D eigenvalue weighted by Crippen LogP contribution is 2.23. The van der Waals surface area contributed by atoms with Crippen molar-refractivity contribution in [1.82, 2.24) is 9.80 Å². The molecule has 0 aromatic rings. The van der Waals surface area contributed by atoms with E-state index in [0.29, 0.717) is 18.1 Å². The van der Waals surface area contributed by atoms with Crippen LogP contribution >= 0.6 is 0 Å². The van der Waals surface area contributed by atoms with Gasteiger partial charge in [0.15, 0.2) is 0 Å². The minimum atomic E-state index is 0.252. The molecule has 0 atom stereocenters. The summed E-state index contributed by atoms with van der Waals surface area (Å²) in [5.74, 6) is 0.643. The van der Waals surface area contributed by atoms with Crippen molar-refractivity contribution >= 4 is 5.91 Å². The molecule has 0 N–H and O–H groups in total. The molecule has 0 aromatic heterocycles. The number of rotatable bonds is 4. The van der Waals surface area contributed by atoms with Gasteiger partial charge in [0, 0.05) is 25.0 Å². The molecule has 4 heteroatoms. The summed E-state index contributed by atoms with van der Waals surface area (Å²) < 4.78 is 5.86. The van der Waals surface area contributed by atoms with E-state index in [4.69, 9.17) is 4.74 Å². The molecule has 0 aromatic carbocycles. The first-order chi connectivity index (χ1) is 9.97. The average Bonchev–Trinajstić information content (AvgIpc) is 2.47. The largest absolute Gasteiger partial charge is 0.375 e. The van der Waals surface area contributed by atoms with Gasteiger partial charge in [-0.1, -0.05) is 0 Å². The van der Waals surface area contributed by atoms with Gasteiger partial charge in [-0.3, -0.25) is 4.79 Å². The molecule has 2 saturated heterocycles. The maximum atomic E-state index is 12.6. The number of nitrogens with zero attached hydrogens (tertiary/aromatic N) is 2. The zero-order valence-corrected chi connectivity index (χ0v) is 14.2. The van der Waals surface area contributed by atoms with Crippen LogP contribution in [0.15, 0.2) is 0 Å². The molecule has 0 spiro atoms. The van der Waals surface area contributed by atoms with Crippen molar-refractivity contribution in [2.75, 3.05) is 26.2 Å². The van der Waals surface area contributed by atoms with Crippen molar-refractivity contribution in [1.29, 1.82) is 0 Å². The van der Waals surface area contributed by atoms with E-state index in [-0.39, 0.29) is 12.0 Å². The maximum Gasteiger partial charge on any atom is 0.225 e. The van der Waals surface area contributed by atoms with Crippen LogP contribution in [0, 0.1) is 5.92 Å². The van der Waals surface area contributed by atoms with Crippen molar-refractivity contribution in [2.24, 2.45) is 5.92 Å². The van der Waals surface area contributed by atoms with Crippen LogP contribution in [0.2, 0.25) is 0 Å². The Morgan fingerprint density at radius 3 is 2.00 bits per heavy atom.